The summed E-state index contributed by atoms with van der Waals surface area (Å²) in [6.45, 7) is 2.48. The van der Waals surface area contributed by atoms with E-state index in [1.54, 1.807) is 4.90 Å². The number of amides is 1. The van der Waals surface area contributed by atoms with Crippen LogP contribution < -0.4 is 0 Å². The molecule has 0 spiro atoms. The predicted octanol–water partition coefficient (Wildman–Crippen LogP) is 1.09. The minimum Gasteiger partial charge on any atom is -0.396 e. The number of hydrogen-bond donors (Lipinski definition) is 1. The third kappa shape index (κ3) is 5.04. The second kappa shape index (κ2) is 7.67. The van der Waals surface area contributed by atoms with E-state index < -0.39 is 0 Å². The van der Waals surface area contributed by atoms with Crippen molar-refractivity contribution in [2.24, 2.45) is 0 Å². The van der Waals surface area contributed by atoms with E-state index >= 15 is 0 Å². The first-order valence-corrected chi connectivity index (χ1v) is 6.70. The highest BCUT2D eigenvalue weighted by atomic mass is 16.2. The van der Waals surface area contributed by atoms with E-state index in [0.29, 0.717) is 19.1 Å². The van der Waals surface area contributed by atoms with Crippen molar-refractivity contribution in [3.8, 4) is 0 Å². The molecule has 1 atom stereocenters. The van der Waals surface area contributed by atoms with Gasteiger partial charge in [-0.15, -0.1) is 0 Å². The van der Waals surface area contributed by atoms with Crippen molar-refractivity contribution in [1.82, 2.24) is 9.80 Å². The van der Waals surface area contributed by atoms with Crippen LogP contribution >= 0.6 is 0 Å². The Bertz CT molecular complexity index is 231. The van der Waals surface area contributed by atoms with Gasteiger partial charge in [0.2, 0.25) is 5.91 Å². The molecule has 4 nitrogen and oxygen atoms in total. The lowest BCUT2D eigenvalue weighted by Gasteiger charge is -2.24. The van der Waals surface area contributed by atoms with Crippen LogP contribution in [-0.4, -0.2) is 60.6 Å². The summed E-state index contributed by atoms with van der Waals surface area (Å²) in [5.41, 5.74) is 0. The number of carbonyl (C=O) groups excluding carboxylic acids is 1. The molecule has 0 aliphatic carbocycles. The van der Waals surface area contributed by atoms with Gasteiger partial charge in [0, 0.05) is 33.2 Å². The third-order valence-corrected chi connectivity index (χ3v) is 3.53. The van der Waals surface area contributed by atoms with Crippen LogP contribution in [0.4, 0.5) is 0 Å². The fourth-order valence-electron chi connectivity index (χ4n) is 2.50. The maximum absolute atomic E-state index is 11.4. The van der Waals surface area contributed by atoms with E-state index in [9.17, 15) is 4.79 Å². The van der Waals surface area contributed by atoms with Gasteiger partial charge < -0.3 is 14.9 Å². The summed E-state index contributed by atoms with van der Waals surface area (Å²) in [4.78, 5) is 15.6. The Labute approximate surface area is 105 Å². The summed E-state index contributed by atoms with van der Waals surface area (Å²) in [6, 6.07) is 0.636. The van der Waals surface area contributed by atoms with Gasteiger partial charge in [-0.25, -0.2) is 0 Å². The van der Waals surface area contributed by atoms with Crippen molar-refractivity contribution in [3.05, 3.63) is 0 Å². The Balaban J connectivity index is 2.19. The van der Waals surface area contributed by atoms with Crippen LogP contribution in [0.15, 0.2) is 0 Å². The summed E-state index contributed by atoms with van der Waals surface area (Å²) >= 11 is 0. The van der Waals surface area contributed by atoms with Gasteiger partial charge >= 0.3 is 0 Å². The molecule has 0 saturated carbocycles. The van der Waals surface area contributed by atoms with Crippen molar-refractivity contribution in [3.63, 3.8) is 0 Å². The topological polar surface area (TPSA) is 43.8 Å². The van der Waals surface area contributed by atoms with Crippen molar-refractivity contribution in [1.29, 1.82) is 0 Å². The molecule has 1 aliphatic rings. The first-order valence-electron chi connectivity index (χ1n) is 6.70. The number of likely N-dealkylation sites (tertiary alicyclic amines) is 1. The minimum atomic E-state index is 0.219. The van der Waals surface area contributed by atoms with E-state index in [1.807, 2.05) is 14.1 Å². The molecule has 1 fully saturated rings. The fourth-order valence-corrected chi connectivity index (χ4v) is 2.50. The van der Waals surface area contributed by atoms with E-state index in [-0.39, 0.29) is 5.91 Å². The Morgan fingerprint density at radius 3 is 2.82 bits per heavy atom. The van der Waals surface area contributed by atoms with E-state index in [4.69, 9.17) is 5.11 Å². The lowest BCUT2D eigenvalue weighted by Crippen LogP contribution is -2.31. The molecule has 0 aromatic carbocycles. The maximum Gasteiger partial charge on any atom is 0.222 e. The fraction of sp³-hybridized carbons (Fsp3) is 0.923. The molecule has 17 heavy (non-hydrogen) atoms. The number of rotatable bonds is 7. The van der Waals surface area contributed by atoms with Gasteiger partial charge in [-0.1, -0.05) is 0 Å². The van der Waals surface area contributed by atoms with E-state index in [0.717, 1.165) is 32.4 Å². The van der Waals surface area contributed by atoms with Crippen LogP contribution in [0.5, 0.6) is 0 Å². The molecular formula is C13H26N2O2. The molecule has 0 aromatic rings. The maximum atomic E-state index is 11.4. The van der Waals surface area contributed by atoms with Gasteiger partial charge in [0.1, 0.15) is 0 Å². The zero-order valence-electron chi connectivity index (χ0n) is 11.2. The molecule has 1 amide bonds. The predicted molar refractivity (Wildman–Crippen MR) is 68.8 cm³/mol. The SMILES string of the molecule is CN(C)C(=O)CCCN1CCCC1CCCO. The van der Waals surface area contributed by atoms with Crippen molar-refractivity contribution in [2.45, 2.75) is 44.6 Å². The Morgan fingerprint density at radius 2 is 2.18 bits per heavy atom. The highest BCUT2D eigenvalue weighted by molar-refractivity contribution is 5.75. The molecule has 100 valence electrons. The summed E-state index contributed by atoms with van der Waals surface area (Å²) in [6.07, 6.45) is 6.11. The molecule has 1 saturated heterocycles. The molecule has 0 radical (unpaired) electrons. The zero-order valence-corrected chi connectivity index (χ0v) is 11.2. The number of carbonyl (C=O) groups is 1. The molecule has 1 heterocycles. The van der Waals surface area contributed by atoms with Gasteiger partial charge in [-0.05, 0) is 45.2 Å². The lowest BCUT2D eigenvalue weighted by molar-refractivity contribution is -0.128. The lowest BCUT2D eigenvalue weighted by atomic mass is 10.1. The number of aliphatic hydroxyl groups excluding tert-OH is 1. The quantitative estimate of drug-likeness (QED) is 0.727. The smallest absolute Gasteiger partial charge is 0.222 e. The van der Waals surface area contributed by atoms with Crippen molar-refractivity contribution < 1.29 is 9.90 Å². The van der Waals surface area contributed by atoms with Gasteiger partial charge in [-0.2, -0.15) is 0 Å². The largest absolute Gasteiger partial charge is 0.396 e. The van der Waals surface area contributed by atoms with Crippen molar-refractivity contribution in [2.75, 3.05) is 33.8 Å². The summed E-state index contributed by atoms with van der Waals surface area (Å²) in [5.74, 6) is 0.219. The van der Waals surface area contributed by atoms with Gasteiger partial charge in [0.25, 0.3) is 0 Å². The Hall–Kier alpha value is -0.610. The second-order valence-electron chi connectivity index (χ2n) is 5.09. The molecule has 4 heteroatoms. The van der Waals surface area contributed by atoms with Crippen LogP contribution in [0.2, 0.25) is 0 Å². The number of hydrogen-bond acceptors (Lipinski definition) is 3. The minimum absolute atomic E-state index is 0.219. The van der Waals surface area contributed by atoms with Crippen LogP contribution in [0, 0.1) is 0 Å². The summed E-state index contributed by atoms with van der Waals surface area (Å²) in [7, 11) is 3.62. The first-order chi connectivity index (χ1) is 8.15. The highest BCUT2D eigenvalue weighted by Gasteiger charge is 2.23. The second-order valence-corrected chi connectivity index (χ2v) is 5.09. The highest BCUT2D eigenvalue weighted by Crippen LogP contribution is 2.21. The third-order valence-electron chi connectivity index (χ3n) is 3.53. The normalized spacial score (nSPS) is 20.8. The average Bonchev–Trinajstić information content (AvgIpc) is 2.73. The molecular weight excluding hydrogens is 216 g/mol. The number of aliphatic hydroxyl groups is 1. The monoisotopic (exact) mass is 242 g/mol. The first kappa shape index (κ1) is 14.5. The molecule has 1 N–H and O–H groups in total. The van der Waals surface area contributed by atoms with Crippen LogP contribution in [0.25, 0.3) is 0 Å². The van der Waals surface area contributed by atoms with Crippen LogP contribution in [0.1, 0.15) is 38.5 Å². The zero-order chi connectivity index (χ0) is 12.7. The summed E-state index contributed by atoms with van der Waals surface area (Å²) < 4.78 is 0. The van der Waals surface area contributed by atoms with Gasteiger partial charge in [0.05, 0.1) is 0 Å². The molecule has 1 aliphatic heterocycles. The molecule has 1 rings (SSSR count). The Morgan fingerprint density at radius 1 is 1.41 bits per heavy atom. The van der Waals surface area contributed by atoms with Crippen LogP contribution in [0.3, 0.4) is 0 Å². The van der Waals surface area contributed by atoms with Crippen LogP contribution in [-0.2, 0) is 4.79 Å². The molecule has 0 aromatic heterocycles. The van der Waals surface area contributed by atoms with E-state index in [1.165, 1.54) is 12.8 Å². The summed E-state index contributed by atoms with van der Waals surface area (Å²) in [5, 5.41) is 8.85. The molecule has 1 unspecified atom stereocenters. The number of nitrogens with zero attached hydrogens (tertiary/aromatic N) is 2. The van der Waals surface area contributed by atoms with Gasteiger partial charge in [0.15, 0.2) is 0 Å². The average molecular weight is 242 g/mol. The van der Waals surface area contributed by atoms with E-state index in [2.05, 4.69) is 4.90 Å². The van der Waals surface area contributed by atoms with Crippen molar-refractivity contribution >= 4 is 5.91 Å². The molecule has 0 bridgehead atoms. The Kier molecular flexibility index (Phi) is 6.52. The van der Waals surface area contributed by atoms with Gasteiger partial charge in [-0.3, -0.25) is 4.79 Å². The standard InChI is InChI=1S/C13H26N2O2/c1-14(2)13(17)8-4-10-15-9-3-6-12(15)7-5-11-16/h12,16H,3-11H2,1-2H3.